The first-order chi connectivity index (χ1) is 12.9. The summed E-state index contributed by atoms with van der Waals surface area (Å²) in [5.41, 5.74) is 7.72. The number of halogens is 2. The second kappa shape index (κ2) is 7.71. The quantitative estimate of drug-likeness (QED) is 0.666. The van der Waals surface area contributed by atoms with Gasteiger partial charge in [0, 0.05) is 12.4 Å². The Bertz CT molecular complexity index is 956. The third-order valence-electron chi connectivity index (χ3n) is 3.96. The van der Waals surface area contributed by atoms with Gasteiger partial charge in [0.1, 0.15) is 18.0 Å². The third kappa shape index (κ3) is 4.59. The number of aryl methyl sites for hydroxylation is 1. The molecule has 142 valence electrons. The molecule has 0 saturated heterocycles. The molecule has 0 fully saturated rings. The van der Waals surface area contributed by atoms with E-state index in [1.165, 1.54) is 6.07 Å². The fraction of sp³-hybridized carbons (Fsp3) is 0.263. The molecule has 27 heavy (non-hydrogen) atoms. The van der Waals surface area contributed by atoms with Crippen LogP contribution in [0.25, 0.3) is 5.65 Å². The summed E-state index contributed by atoms with van der Waals surface area (Å²) in [5, 5.41) is 2.19. The normalized spacial score (nSPS) is 11.6. The fourth-order valence-electron chi connectivity index (χ4n) is 2.53. The molecule has 2 aromatic heterocycles. The van der Waals surface area contributed by atoms with Crippen LogP contribution in [0.15, 0.2) is 48.8 Å². The summed E-state index contributed by atoms with van der Waals surface area (Å²) in [6.45, 7) is 0.462. The lowest BCUT2D eigenvalue weighted by Gasteiger charge is -2.15. The minimum Gasteiger partial charge on any atom is -0.486 e. The number of carbonyl (C=O) groups excluding carboxylic acids is 1. The van der Waals surface area contributed by atoms with E-state index in [9.17, 15) is 13.6 Å². The molecule has 0 spiro atoms. The van der Waals surface area contributed by atoms with Gasteiger partial charge in [-0.2, -0.15) is 0 Å². The molecule has 3 aromatic rings. The van der Waals surface area contributed by atoms with Crippen molar-refractivity contribution < 1.29 is 18.3 Å². The van der Waals surface area contributed by atoms with Gasteiger partial charge in [0.05, 0.1) is 24.3 Å². The molecule has 0 bridgehead atoms. The predicted octanol–water partition coefficient (Wildman–Crippen LogP) is 2.55. The number of nitrogens with two attached hydrogens (primary N) is 1. The van der Waals surface area contributed by atoms with Gasteiger partial charge in [0.25, 0.3) is 11.8 Å². The maximum Gasteiger partial charge on any atom is 0.277 e. The van der Waals surface area contributed by atoms with E-state index in [0.717, 1.165) is 11.2 Å². The predicted molar refractivity (Wildman–Crippen MR) is 97.0 cm³/mol. The van der Waals surface area contributed by atoms with Crippen LogP contribution in [0.5, 0.6) is 5.75 Å². The fourth-order valence-corrected chi connectivity index (χ4v) is 2.53. The van der Waals surface area contributed by atoms with Crippen LogP contribution in [0.1, 0.15) is 21.6 Å². The van der Waals surface area contributed by atoms with E-state index in [4.69, 9.17) is 10.5 Å². The number of rotatable bonds is 7. The lowest BCUT2D eigenvalue weighted by atomic mass is 10.2. The maximum atomic E-state index is 13.2. The molecule has 0 aliphatic rings. The number of benzene rings is 1. The number of para-hydroxylation sites is 1. The number of nitrogens with one attached hydrogen (secondary N) is 1. The van der Waals surface area contributed by atoms with Gasteiger partial charge in [0.15, 0.2) is 0 Å². The highest BCUT2D eigenvalue weighted by atomic mass is 19.3. The average Bonchev–Trinajstić information content (AvgIpc) is 3.06. The number of amides is 1. The molecule has 1 aromatic carbocycles. The number of imidazole rings is 1. The number of pyridine rings is 1. The van der Waals surface area contributed by atoms with E-state index in [-0.39, 0.29) is 12.2 Å². The van der Waals surface area contributed by atoms with E-state index in [1.807, 2.05) is 35.9 Å². The van der Waals surface area contributed by atoms with Crippen molar-refractivity contribution in [1.82, 2.24) is 14.7 Å². The molecule has 0 radical (unpaired) electrons. The first-order valence-corrected chi connectivity index (χ1v) is 8.40. The van der Waals surface area contributed by atoms with Gasteiger partial charge in [-0.15, -0.1) is 0 Å². The average molecular weight is 374 g/mol. The summed E-state index contributed by atoms with van der Waals surface area (Å²) >= 11 is 0. The van der Waals surface area contributed by atoms with Crippen molar-refractivity contribution in [3.8, 4) is 5.75 Å². The van der Waals surface area contributed by atoms with Crippen molar-refractivity contribution in [3.63, 3.8) is 0 Å². The summed E-state index contributed by atoms with van der Waals surface area (Å²) in [5.74, 6) is -3.51. The molecule has 0 aliphatic carbocycles. The standard InChI is InChI=1S/C19H20F2N4O2/c1-13-6-7-17-24-14(9-25(17)8-13)10-27-16-5-3-2-4-15(16)18(26)23-12-19(20,21)11-22/h2-9H,10-12,22H2,1H3,(H,23,26). The van der Waals surface area contributed by atoms with Crippen LogP contribution < -0.4 is 15.8 Å². The van der Waals surface area contributed by atoms with Crippen LogP contribution in [0, 0.1) is 6.92 Å². The molecule has 2 heterocycles. The van der Waals surface area contributed by atoms with Crippen molar-refractivity contribution in [2.75, 3.05) is 13.1 Å². The van der Waals surface area contributed by atoms with E-state index in [1.54, 1.807) is 18.2 Å². The number of hydrogen-bond acceptors (Lipinski definition) is 4. The zero-order valence-corrected chi connectivity index (χ0v) is 14.8. The van der Waals surface area contributed by atoms with Crippen LogP contribution in [0.2, 0.25) is 0 Å². The Morgan fingerprint density at radius 1 is 1.26 bits per heavy atom. The molecule has 8 heteroatoms. The smallest absolute Gasteiger partial charge is 0.277 e. The monoisotopic (exact) mass is 374 g/mol. The Morgan fingerprint density at radius 3 is 2.81 bits per heavy atom. The molecule has 1 amide bonds. The lowest BCUT2D eigenvalue weighted by molar-refractivity contribution is 0.0118. The molecule has 6 nitrogen and oxygen atoms in total. The second-order valence-electron chi connectivity index (χ2n) is 6.23. The van der Waals surface area contributed by atoms with Crippen LogP contribution in [0.4, 0.5) is 8.78 Å². The highest BCUT2D eigenvalue weighted by Gasteiger charge is 2.27. The van der Waals surface area contributed by atoms with Crippen molar-refractivity contribution >= 4 is 11.6 Å². The summed E-state index contributed by atoms with van der Waals surface area (Å²) in [6.07, 6.45) is 3.79. The first-order valence-electron chi connectivity index (χ1n) is 8.40. The summed E-state index contributed by atoms with van der Waals surface area (Å²) in [7, 11) is 0. The molecule has 0 aliphatic heterocycles. The molecule has 0 saturated carbocycles. The minimum atomic E-state index is -3.15. The van der Waals surface area contributed by atoms with Gasteiger partial charge in [-0.3, -0.25) is 4.79 Å². The first kappa shape index (κ1) is 18.8. The number of fused-ring (bicyclic) bond motifs is 1. The topological polar surface area (TPSA) is 81.6 Å². The largest absolute Gasteiger partial charge is 0.486 e. The molecule has 0 unspecified atom stereocenters. The van der Waals surface area contributed by atoms with Crippen molar-refractivity contribution in [2.45, 2.75) is 19.5 Å². The zero-order chi connectivity index (χ0) is 19.4. The summed E-state index contributed by atoms with van der Waals surface area (Å²) in [6, 6.07) is 10.3. The van der Waals surface area contributed by atoms with Crippen molar-refractivity contribution in [1.29, 1.82) is 0 Å². The highest BCUT2D eigenvalue weighted by molar-refractivity contribution is 5.96. The van der Waals surface area contributed by atoms with Crippen LogP contribution >= 0.6 is 0 Å². The van der Waals surface area contributed by atoms with E-state index < -0.39 is 24.9 Å². The lowest BCUT2D eigenvalue weighted by Crippen LogP contribution is -2.41. The molecular formula is C19H20F2N4O2. The van der Waals surface area contributed by atoms with Gasteiger partial charge < -0.3 is 20.2 Å². The number of nitrogens with zero attached hydrogens (tertiary/aromatic N) is 2. The highest BCUT2D eigenvalue weighted by Crippen LogP contribution is 2.20. The van der Waals surface area contributed by atoms with Gasteiger partial charge in [-0.05, 0) is 30.7 Å². The van der Waals surface area contributed by atoms with Gasteiger partial charge >= 0.3 is 0 Å². The molecule has 3 N–H and O–H groups in total. The number of ether oxygens (including phenoxy) is 1. The maximum absolute atomic E-state index is 13.2. The number of aromatic nitrogens is 2. The SMILES string of the molecule is Cc1ccc2nc(COc3ccccc3C(=O)NCC(F)(F)CN)cn2c1. The Hall–Kier alpha value is -3.00. The summed E-state index contributed by atoms with van der Waals surface area (Å²) < 4.78 is 34.1. The second-order valence-corrected chi connectivity index (χ2v) is 6.23. The van der Waals surface area contributed by atoms with Crippen LogP contribution in [0.3, 0.4) is 0 Å². The van der Waals surface area contributed by atoms with Gasteiger partial charge in [-0.25, -0.2) is 13.8 Å². The Labute approximate surface area is 155 Å². The number of carbonyl (C=O) groups is 1. The van der Waals surface area contributed by atoms with Gasteiger partial charge in [-0.1, -0.05) is 18.2 Å². The van der Waals surface area contributed by atoms with Crippen LogP contribution in [-0.2, 0) is 6.61 Å². The van der Waals surface area contributed by atoms with Gasteiger partial charge in [0.2, 0.25) is 0 Å². The molecule has 0 atom stereocenters. The van der Waals surface area contributed by atoms with E-state index in [2.05, 4.69) is 10.3 Å². The summed E-state index contributed by atoms with van der Waals surface area (Å²) in [4.78, 5) is 16.7. The van der Waals surface area contributed by atoms with Crippen molar-refractivity contribution in [2.24, 2.45) is 5.73 Å². The Morgan fingerprint density at radius 2 is 2.04 bits per heavy atom. The number of alkyl halides is 2. The third-order valence-corrected chi connectivity index (χ3v) is 3.96. The van der Waals surface area contributed by atoms with Crippen molar-refractivity contribution in [3.05, 3.63) is 65.6 Å². The number of hydrogen-bond donors (Lipinski definition) is 2. The Balaban J connectivity index is 1.70. The van der Waals surface area contributed by atoms with E-state index in [0.29, 0.717) is 11.4 Å². The Kier molecular flexibility index (Phi) is 5.36. The minimum absolute atomic E-state index is 0.143. The zero-order valence-electron chi connectivity index (χ0n) is 14.8. The van der Waals surface area contributed by atoms with Crippen LogP contribution in [-0.4, -0.2) is 34.3 Å². The van der Waals surface area contributed by atoms with E-state index >= 15 is 0 Å². The molecule has 3 rings (SSSR count). The molecular weight excluding hydrogens is 354 g/mol.